The van der Waals surface area contributed by atoms with Crippen LogP contribution in [0.4, 0.5) is 0 Å². The van der Waals surface area contributed by atoms with Gasteiger partial charge in [0, 0.05) is 37.5 Å². The van der Waals surface area contributed by atoms with Gasteiger partial charge in [-0.15, -0.1) is 0 Å². The lowest BCUT2D eigenvalue weighted by Gasteiger charge is -2.29. The molecule has 1 aromatic heterocycles. The molecule has 0 radical (unpaired) electrons. The first-order chi connectivity index (χ1) is 13.0. The van der Waals surface area contributed by atoms with Crippen molar-refractivity contribution in [2.75, 3.05) is 6.54 Å². The number of aromatic hydroxyl groups is 3. The molecule has 4 rings (SSSR count). The number of nitrogens with one attached hydrogen (secondary N) is 1. The minimum atomic E-state index is -0.512. The van der Waals surface area contributed by atoms with Gasteiger partial charge < -0.3 is 20.3 Å². The Balaban J connectivity index is 1.53. The highest BCUT2D eigenvalue weighted by Crippen LogP contribution is 2.38. The van der Waals surface area contributed by atoms with E-state index in [2.05, 4.69) is 4.98 Å². The predicted molar refractivity (Wildman–Crippen MR) is 99.9 cm³/mol. The van der Waals surface area contributed by atoms with Crippen LogP contribution in [0.2, 0.25) is 0 Å². The van der Waals surface area contributed by atoms with E-state index in [1.54, 1.807) is 6.07 Å². The van der Waals surface area contributed by atoms with Gasteiger partial charge in [0.15, 0.2) is 11.5 Å². The molecule has 1 aliphatic heterocycles. The first-order valence-electron chi connectivity index (χ1n) is 9.60. The van der Waals surface area contributed by atoms with Crippen molar-refractivity contribution < 1.29 is 15.3 Å². The molecule has 27 heavy (non-hydrogen) atoms. The topological polar surface area (TPSA) is 110 Å². The highest BCUT2D eigenvalue weighted by atomic mass is 16.3. The van der Waals surface area contributed by atoms with Crippen molar-refractivity contribution in [3.05, 3.63) is 45.1 Å². The third-order valence-electron chi connectivity index (χ3n) is 5.77. The van der Waals surface area contributed by atoms with Crippen LogP contribution in [0, 0.1) is 0 Å². The number of phenolic OH excluding ortho intramolecular Hbond substituents is 3. The SMILES string of the molecule is O=c1[nH]c(C2CCCCC2)nc2c1CN(Cc1ccc(O)c(O)c1O)CC2. The minimum Gasteiger partial charge on any atom is -0.504 e. The van der Waals surface area contributed by atoms with Crippen molar-refractivity contribution in [2.24, 2.45) is 0 Å². The van der Waals surface area contributed by atoms with Gasteiger partial charge in [-0.3, -0.25) is 9.69 Å². The Morgan fingerprint density at radius 1 is 1.11 bits per heavy atom. The molecular weight excluding hydrogens is 346 g/mol. The van der Waals surface area contributed by atoms with Crippen molar-refractivity contribution in [1.82, 2.24) is 14.9 Å². The summed E-state index contributed by atoms with van der Waals surface area (Å²) in [4.78, 5) is 22.5. The fraction of sp³-hybridized carbons (Fsp3) is 0.500. The number of aromatic amines is 1. The lowest BCUT2D eigenvalue weighted by Crippen LogP contribution is -2.36. The predicted octanol–water partition coefficient (Wildman–Crippen LogP) is 2.49. The van der Waals surface area contributed by atoms with Crippen LogP contribution in [0.15, 0.2) is 16.9 Å². The summed E-state index contributed by atoms with van der Waals surface area (Å²) in [5, 5.41) is 29.2. The molecule has 144 valence electrons. The van der Waals surface area contributed by atoms with Crippen molar-refractivity contribution >= 4 is 0 Å². The molecule has 1 fully saturated rings. The maximum absolute atomic E-state index is 12.6. The summed E-state index contributed by atoms with van der Waals surface area (Å²) in [6.07, 6.45) is 6.53. The molecular formula is C20H25N3O4. The number of aromatic nitrogens is 2. The van der Waals surface area contributed by atoms with E-state index in [-0.39, 0.29) is 17.1 Å². The summed E-state index contributed by atoms with van der Waals surface area (Å²) < 4.78 is 0. The molecule has 1 aliphatic carbocycles. The highest BCUT2D eigenvalue weighted by molar-refractivity contribution is 5.53. The lowest BCUT2D eigenvalue weighted by atomic mass is 9.88. The number of hydrogen-bond acceptors (Lipinski definition) is 6. The second-order valence-electron chi connectivity index (χ2n) is 7.61. The molecule has 2 heterocycles. The number of nitrogens with zero attached hydrogens (tertiary/aromatic N) is 2. The van der Waals surface area contributed by atoms with Gasteiger partial charge in [0.05, 0.1) is 11.3 Å². The van der Waals surface area contributed by atoms with Gasteiger partial charge >= 0.3 is 0 Å². The van der Waals surface area contributed by atoms with Crippen LogP contribution in [0.3, 0.4) is 0 Å². The van der Waals surface area contributed by atoms with Crippen LogP contribution in [-0.2, 0) is 19.5 Å². The molecule has 4 N–H and O–H groups in total. The van der Waals surface area contributed by atoms with Gasteiger partial charge in [-0.1, -0.05) is 25.3 Å². The number of rotatable bonds is 3. The maximum Gasteiger partial charge on any atom is 0.255 e. The molecule has 0 amide bonds. The second-order valence-corrected chi connectivity index (χ2v) is 7.61. The first kappa shape index (κ1) is 17.9. The molecule has 0 unspecified atom stereocenters. The fourth-order valence-corrected chi connectivity index (χ4v) is 4.18. The molecule has 2 aromatic rings. The quantitative estimate of drug-likeness (QED) is 0.617. The van der Waals surface area contributed by atoms with Crippen molar-refractivity contribution in [1.29, 1.82) is 0 Å². The summed E-state index contributed by atoms with van der Waals surface area (Å²) in [5.41, 5.74) is 2.01. The minimum absolute atomic E-state index is 0.0666. The van der Waals surface area contributed by atoms with E-state index in [9.17, 15) is 20.1 Å². The van der Waals surface area contributed by atoms with Gasteiger partial charge in [-0.25, -0.2) is 4.98 Å². The van der Waals surface area contributed by atoms with Crippen LogP contribution >= 0.6 is 0 Å². The average Bonchev–Trinajstić information content (AvgIpc) is 2.69. The first-order valence-corrected chi connectivity index (χ1v) is 9.60. The molecule has 7 nitrogen and oxygen atoms in total. The molecule has 0 bridgehead atoms. The monoisotopic (exact) mass is 371 g/mol. The van der Waals surface area contributed by atoms with Crippen LogP contribution in [0.5, 0.6) is 17.2 Å². The lowest BCUT2D eigenvalue weighted by molar-refractivity contribution is 0.236. The maximum atomic E-state index is 12.6. The number of phenols is 3. The molecule has 0 spiro atoms. The summed E-state index contributed by atoms with van der Waals surface area (Å²) in [7, 11) is 0. The number of hydrogen-bond donors (Lipinski definition) is 4. The molecule has 0 atom stereocenters. The Labute approximate surface area is 157 Å². The second kappa shape index (κ2) is 7.23. The van der Waals surface area contributed by atoms with E-state index >= 15 is 0 Å². The van der Waals surface area contributed by atoms with Crippen molar-refractivity contribution in [3.8, 4) is 17.2 Å². The fourth-order valence-electron chi connectivity index (χ4n) is 4.18. The summed E-state index contributed by atoms with van der Waals surface area (Å²) >= 11 is 0. The Hall–Kier alpha value is -2.54. The van der Waals surface area contributed by atoms with Crippen LogP contribution < -0.4 is 5.56 Å². The van der Waals surface area contributed by atoms with Gasteiger partial charge in [0.25, 0.3) is 5.56 Å². The summed E-state index contributed by atoms with van der Waals surface area (Å²) in [6, 6.07) is 2.93. The van der Waals surface area contributed by atoms with Gasteiger partial charge in [0.2, 0.25) is 5.75 Å². The van der Waals surface area contributed by atoms with E-state index in [0.29, 0.717) is 43.1 Å². The van der Waals surface area contributed by atoms with E-state index in [1.807, 2.05) is 4.90 Å². The van der Waals surface area contributed by atoms with Crippen LogP contribution in [0.1, 0.15) is 60.7 Å². The third kappa shape index (κ3) is 3.51. The summed E-state index contributed by atoms with van der Waals surface area (Å²) in [5.74, 6) is 0.0258. The Bertz CT molecular complexity index is 903. The largest absolute Gasteiger partial charge is 0.504 e. The molecule has 2 aliphatic rings. The van der Waals surface area contributed by atoms with Gasteiger partial charge in [-0.05, 0) is 18.9 Å². The molecule has 1 aromatic carbocycles. The van der Waals surface area contributed by atoms with E-state index < -0.39 is 5.75 Å². The number of fused-ring (bicyclic) bond motifs is 1. The van der Waals surface area contributed by atoms with E-state index in [1.165, 1.54) is 25.3 Å². The average molecular weight is 371 g/mol. The van der Waals surface area contributed by atoms with E-state index in [4.69, 9.17) is 4.98 Å². The number of benzene rings is 1. The third-order valence-corrected chi connectivity index (χ3v) is 5.77. The van der Waals surface area contributed by atoms with Crippen molar-refractivity contribution in [2.45, 2.75) is 57.5 Å². The molecule has 7 heteroatoms. The zero-order valence-corrected chi connectivity index (χ0v) is 15.2. The Morgan fingerprint density at radius 3 is 2.67 bits per heavy atom. The number of H-pyrrole nitrogens is 1. The zero-order valence-electron chi connectivity index (χ0n) is 15.2. The van der Waals surface area contributed by atoms with Crippen LogP contribution in [0.25, 0.3) is 0 Å². The van der Waals surface area contributed by atoms with Crippen LogP contribution in [-0.4, -0.2) is 36.7 Å². The Morgan fingerprint density at radius 2 is 1.89 bits per heavy atom. The Kier molecular flexibility index (Phi) is 4.78. The standard InChI is InChI=1S/C20H25N3O4/c24-16-7-6-13(17(25)18(16)26)10-23-9-8-15-14(11-23)20(27)22-19(21-15)12-4-2-1-3-5-12/h6-7,12,24-26H,1-5,8-11H2,(H,21,22,27). The van der Waals surface area contributed by atoms with Crippen molar-refractivity contribution in [3.63, 3.8) is 0 Å². The van der Waals surface area contributed by atoms with Gasteiger partial charge in [0.1, 0.15) is 5.82 Å². The summed E-state index contributed by atoms with van der Waals surface area (Å²) in [6.45, 7) is 1.54. The molecule has 1 saturated carbocycles. The smallest absolute Gasteiger partial charge is 0.255 e. The molecule has 0 saturated heterocycles. The van der Waals surface area contributed by atoms with E-state index in [0.717, 1.165) is 24.4 Å². The normalized spacial score (nSPS) is 18.4. The van der Waals surface area contributed by atoms with Gasteiger partial charge in [-0.2, -0.15) is 0 Å². The zero-order chi connectivity index (χ0) is 19.0. The highest BCUT2D eigenvalue weighted by Gasteiger charge is 2.25.